The van der Waals surface area contributed by atoms with Gasteiger partial charge in [0.05, 0.1) is 21.7 Å². The predicted octanol–water partition coefficient (Wildman–Crippen LogP) is 1.74. The molecule has 0 fully saturated rings. The van der Waals surface area contributed by atoms with E-state index in [1.54, 1.807) is 24.3 Å². The maximum atomic E-state index is 12.4. The van der Waals surface area contributed by atoms with E-state index in [2.05, 4.69) is 0 Å². The summed E-state index contributed by atoms with van der Waals surface area (Å²) in [7, 11) is -0.806. The van der Waals surface area contributed by atoms with E-state index in [0.29, 0.717) is 11.1 Å². The van der Waals surface area contributed by atoms with Crippen LogP contribution in [-0.2, 0) is 10.0 Å². The normalized spacial score (nSPS) is 14.5. The van der Waals surface area contributed by atoms with Gasteiger partial charge in [-0.15, -0.1) is 0 Å². The Bertz CT molecular complexity index is 884. The number of carbonyl (C=O) groups excluding carboxylic acids is 2. The molecule has 0 atom stereocenters. The average molecular weight is 330 g/mol. The van der Waals surface area contributed by atoms with Gasteiger partial charge in [0.15, 0.2) is 0 Å². The van der Waals surface area contributed by atoms with Gasteiger partial charge in [0.1, 0.15) is 0 Å². The number of rotatable bonds is 3. The summed E-state index contributed by atoms with van der Waals surface area (Å²) >= 11 is 0. The number of carbonyl (C=O) groups is 2. The highest BCUT2D eigenvalue weighted by Gasteiger charge is 2.36. The second-order valence-corrected chi connectivity index (χ2v) is 7.43. The van der Waals surface area contributed by atoms with Crippen molar-refractivity contribution in [3.63, 3.8) is 0 Å². The first-order valence-electron chi connectivity index (χ1n) is 6.84. The van der Waals surface area contributed by atoms with Gasteiger partial charge in [-0.1, -0.05) is 18.2 Å². The first-order chi connectivity index (χ1) is 10.8. The second kappa shape index (κ2) is 5.29. The summed E-state index contributed by atoms with van der Waals surface area (Å²) in [6, 6.07) is 12.3. The van der Waals surface area contributed by atoms with Crippen LogP contribution in [0.2, 0.25) is 0 Å². The van der Waals surface area contributed by atoms with Crippen molar-refractivity contribution in [2.45, 2.75) is 4.90 Å². The van der Waals surface area contributed by atoms with Crippen molar-refractivity contribution in [3.8, 4) is 0 Å². The minimum Gasteiger partial charge on any atom is -0.268 e. The highest BCUT2D eigenvalue weighted by molar-refractivity contribution is 7.89. The molecule has 1 aliphatic rings. The van der Waals surface area contributed by atoms with Crippen LogP contribution in [0.25, 0.3) is 0 Å². The van der Waals surface area contributed by atoms with E-state index in [-0.39, 0.29) is 10.6 Å². The van der Waals surface area contributed by atoms with Crippen molar-refractivity contribution in [3.05, 3.63) is 59.7 Å². The number of anilines is 1. The van der Waals surface area contributed by atoms with E-state index < -0.39 is 21.8 Å². The van der Waals surface area contributed by atoms with Crippen LogP contribution < -0.4 is 4.90 Å². The zero-order chi connectivity index (χ0) is 16.8. The van der Waals surface area contributed by atoms with Crippen LogP contribution in [0.5, 0.6) is 0 Å². The van der Waals surface area contributed by atoms with Crippen molar-refractivity contribution in [1.29, 1.82) is 0 Å². The number of sulfonamides is 1. The number of hydrogen-bond donors (Lipinski definition) is 0. The van der Waals surface area contributed by atoms with Gasteiger partial charge in [0.25, 0.3) is 11.8 Å². The van der Waals surface area contributed by atoms with E-state index in [0.717, 1.165) is 9.21 Å². The van der Waals surface area contributed by atoms with Crippen molar-refractivity contribution in [1.82, 2.24) is 4.31 Å². The molecule has 2 amide bonds. The summed E-state index contributed by atoms with van der Waals surface area (Å²) in [5, 5.41) is 0. The van der Waals surface area contributed by atoms with E-state index >= 15 is 0 Å². The molecule has 0 N–H and O–H groups in total. The second-order valence-electron chi connectivity index (χ2n) is 5.28. The van der Waals surface area contributed by atoms with Crippen LogP contribution in [0.4, 0.5) is 5.69 Å². The van der Waals surface area contributed by atoms with E-state index in [9.17, 15) is 18.0 Å². The number of amides is 2. The third-order valence-corrected chi connectivity index (χ3v) is 5.46. The Hall–Kier alpha value is -2.51. The van der Waals surface area contributed by atoms with Crippen LogP contribution in [-0.4, -0.2) is 38.6 Å². The lowest BCUT2D eigenvalue weighted by molar-refractivity contribution is 0.0926. The average Bonchev–Trinajstić information content (AvgIpc) is 2.79. The van der Waals surface area contributed by atoms with Gasteiger partial charge in [0.2, 0.25) is 10.0 Å². The number of nitrogens with zero attached hydrogens (tertiary/aromatic N) is 2. The van der Waals surface area contributed by atoms with Gasteiger partial charge in [-0.3, -0.25) is 9.59 Å². The third kappa shape index (κ3) is 2.34. The summed E-state index contributed by atoms with van der Waals surface area (Å²) in [5.74, 6) is -0.907. The van der Waals surface area contributed by atoms with Gasteiger partial charge in [-0.25, -0.2) is 17.6 Å². The standard InChI is InChI=1S/C16H14N2O4S/c1-17(2)23(21,22)12-7-5-6-11(10-12)18-15(19)13-8-3-4-9-14(13)16(18)20/h3-10H,1-2H3. The first kappa shape index (κ1) is 15.4. The summed E-state index contributed by atoms with van der Waals surface area (Å²) in [5.41, 5.74) is 0.871. The van der Waals surface area contributed by atoms with Crippen LogP contribution in [0.1, 0.15) is 20.7 Å². The molecule has 0 radical (unpaired) electrons. The van der Waals surface area contributed by atoms with Gasteiger partial charge < -0.3 is 0 Å². The quantitative estimate of drug-likeness (QED) is 0.804. The zero-order valence-electron chi connectivity index (χ0n) is 12.6. The number of hydrogen-bond acceptors (Lipinski definition) is 4. The molecular formula is C16H14N2O4S. The minimum atomic E-state index is -3.65. The molecule has 3 rings (SSSR count). The molecule has 0 aromatic heterocycles. The number of imide groups is 1. The van der Waals surface area contributed by atoms with Crippen molar-refractivity contribution >= 4 is 27.5 Å². The summed E-state index contributed by atoms with van der Waals surface area (Å²) in [6.07, 6.45) is 0. The molecule has 1 aliphatic heterocycles. The van der Waals surface area contributed by atoms with Gasteiger partial charge >= 0.3 is 0 Å². The molecule has 2 aromatic rings. The van der Waals surface area contributed by atoms with E-state index in [1.807, 2.05) is 0 Å². The maximum Gasteiger partial charge on any atom is 0.266 e. The molecule has 0 bridgehead atoms. The Morgan fingerprint density at radius 2 is 1.43 bits per heavy atom. The Kier molecular flexibility index (Phi) is 3.54. The van der Waals surface area contributed by atoms with Crippen molar-refractivity contribution < 1.29 is 18.0 Å². The molecule has 7 heteroatoms. The zero-order valence-corrected chi connectivity index (χ0v) is 13.4. The maximum absolute atomic E-state index is 12.4. The predicted molar refractivity (Wildman–Crippen MR) is 84.9 cm³/mol. The van der Waals surface area contributed by atoms with Crippen LogP contribution in [0, 0.1) is 0 Å². The molecule has 0 saturated heterocycles. The summed E-state index contributed by atoms with van der Waals surface area (Å²) in [4.78, 5) is 25.9. The molecule has 23 heavy (non-hydrogen) atoms. The minimum absolute atomic E-state index is 0.0246. The third-order valence-electron chi connectivity index (χ3n) is 3.65. The fourth-order valence-electron chi connectivity index (χ4n) is 2.42. The fraction of sp³-hybridized carbons (Fsp3) is 0.125. The van der Waals surface area contributed by atoms with Crippen LogP contribution in [0.3, 0.4) is 0 Å². The Labute approximate surface area is 134 Å². The molecule has 1 heterocycles. The van der Waals surface area contributed by atoms with E-state index in [4.69, 9.17) is 0 Å². The highest BCUT2D eigenvalue weighted by Crippen LogP contribution is 2.29. The smallest absolute Gasteiger partial charge is 0.266 e. The lowest BCUT2D eigenvalue weighted by atomic mass is 10.1. The van der Waals surface area contributed by atoms with Crippen molar-refractivity contribution in [2.24, 2.45) is 0 Å². The molecule has 0 aliphatic carbocycles. The van der Waals surface area contributed by atoms with Crippen LogP contribution >= 0.6 is 0 Å². The largest absolute Gasteiger partial charge is 0.268 e. The van der Waals surface area contributed by atoms with Crippen LogP contribution in [0.15, 0.2) is 53.4 Å². The number of fused-ring (bicyclic) bond motifs is 1. The molecule has 118 valence electrons. The SMILES string of the molecule is CN(C)S(=O)(=O)c1cccc(N2C(=O)c3ccccc3C2=O)c1. The topological polar surface area (TPSA) is 74.8 Å². The van der Waals surface area contributed by atoms with Gasteiger partial charge in [0, 0.05) is 14.1 Å². The van der Waals surface area contributed by atoms with E-state index in [1.165, 1.54) is 38.4 Å². The summed E-state index contributed by atoms with van der Waals surface area (Å²) in [6.45, 7) is 0. The summed E-state index contributed by atoms with van der Waals surface area (Å²) < 4.78 is 25.5. The molecule has 0 saturated carbocycles. The monoisotopic (exact) mass is 330 g/mol. The molecule has 6 nitrogen and oxygen atoms in total. The lowest BCUT2D eigenvalue weighted by Crippen LogP contribution is -2.30. The molecule has 0 spiro atoms. The molecule has 0 unspecified atom stereocenters. The van der Waals surface area contributed by atoms with Gasteiger partial charge in [-0.2, -0.15) is 0 Å². The Balaban J connectivity index is 2.09. The molecule has 2 aromatic carbocycles. The lowest BCUT2D eigenvalue weighted by Gasteiger charge is -2.16. The molecular weight excluding hydrogens is 316 g/mol. The Morgan fingerprint density at radius 3 is 1.96 bits per heavy atom. The number of benzene rings is 2. The Morgan fingerprint density at radius 1 is 0.870 bits per heavy atom. The van der Waals surface area contributed by atoms with Gasteiger partial charge in [-0.05, 0) is 30.3 Å². The highest BCUT2D eigenvalue weighted by atomic mass is 32.2. The first-order valence-corrected chi connectivity index (χ1v) is 8.28. The van der Waals surface area contributed by atoms with Crippen molar-refractivity contribution in [2.75, 3.05) is 19.0 Å². The fourth-order valence-corrected chi connectivity index (χ4v) is 3.36.